The maximum absolute atomic E-state index is 14.1. The van der Waals surface area contributed by atoms with E-state index in [9.17, 15) is 14.0 Å². The molecule has 2 aromatic carbocycles. The van der Waals surface area contributed by atoms with Crippen LogP contribution in [0.3, 0.4) is 0 Å². The first-order valence-corrected chi connectivity index (χ1v) is 10.7. The lowest BCUT2D eigenvalue weighted by Crippen LogP contribution is -2.49. The molecule has 0 atom stereocenters. The van der Waals surface area contributed by atoms with Crippen molar-refractivity contribution in [2.24, 2.45) is 7.05 Å². The van der Waals surface area contributed by atoms with Gasteiger partial charge >= 0.3 is 0 Å². The second-order valence-electron chi connectivity index (χ2n) is 8.18. The summed E-state index contributed by atoms with van der Waals surface area (Å²) in [6, 6.07) is 14.7. The Morgan fingerprint density at radius 1 is 0.968 bits per heavy atom. The molecule has 2 amide bonds. The predicted octanol–water partition coefficient (Wildman–Crippen LogP) is 3.41. The number of hydrogen-bond donors (Lipinski definition) is 0. The maximum Gasteiger partial charge on any atom is 0.272 e. The third kappa shape index (κ3) is 3.34. The molecule has 2 fully saturated rings. The van der Waals surface area contributed by atoms with Crippen molar-refractivity contribution in [3.8, 4) is 0 Å². The van der Waals surface area contributed by atoms with Crippen molar-refractivity contribution in [3.05, 3.63) is 60.0 Å². The van der Waals surface area contributed by atoms with E-state index in [1.165, 1.54) is 12.1 Å². The monoisotopic (exact) mass is 420 g/mol. The van der Waals surface area contributed by atoms with Crippen LogP contribution in [0.4, 0.5) is 15.8 Å². The van der Waals surface area contributed by atoms with E-state index < -0.39 is 0 Å². The van der Waals surface area contributed by atoms with E-state index in [0.29, 0.717) is 42.8 Å². The Morgan fingerprint density at radius 2 is 1.71 bits per heavy atom. The van der Waals surface area contributed by atoms with Crippen molar-refractivity contribution in [3.63, 3.8) is 0 Å². The zero-order valence-corrected chi connectivity index (χ0v) is 17.6. The number of aromatic nitrogens is 1. The number of fused-ring (bicyclic) bond motifs is 1. The fraction of sp³-hybridized carbons (Fsp3) is 0.333. The van der Waals surface area contributed by atoms with Gasteiger partial charge in [0.1, 0.15) is 11.5 Å². The maximum atomic E-state index is 14.1. The molecule has 3 heterocycles. The largest absolute Gasteiger partial charge is 0.368 e. The summed E-state index contributed by atoms with van der Waals surface area (Å²) < 4.78 is 15.9. The number of aryl methyl sites for hydroxylation is 1. The van der Waals surface area contributed by atoms with Crippen LogP contribution in [0.2, 0.25) is 0 Å². The van der Waals surface area contributed by atoms with Crippen molar-refractivity contribution in [2.45, 2.75) is 12.8 Å². The number of hydrogen-bond acceptors (Lipinski definition) is 3. The number of amides is 2. The van der Waals surface area contributed by atoms with Gasteiger partial charge in [-0.3, -0.25) is 9.59 Å². The molecule has 2 aliphatic heterocycles. The van der Waals surface area contributed by atoms with Gasteiger partial charge in [-0.25, -0.2) is 4.39 Å². The summed E-state index contributed by atoms with van der Waals surface area (Å²) in [5.74, 6) is -0.498. The number of halogens is 1. The molecule has 6 nitrogen and oxygen atoms in total. The van der Waals surface area contributed by atoms with Gasteiger partial charge in [-0.05, 0) is 36.8 Å². The molecule has 0 unspecified atom stereocenters. The second-order valence-corrected chi connectivity index (χ2v) is 8.18. The van der Waals surface area contributed by atoms with Gasteiger partial charge in [0.15, 0.2) is 0 Å². The van der Waals surface area contributed by atoms with E-state index in [0.717, 1.165) is 30.7 Å². The Morgan fingerprint density at radius 3 is 2.39 bits per heavy atom. The number of para-hydroxylation sites is 1. The molecule has 1 aromatic heterocycles. The fourth-order valence-electron chi connectivity index (χ4n) is 4.76. The van der Waals surface area contributed by atoms with Crippen LogP contribution in [0, 0.1) is 5.82 Å². The van der Waals surface area contributed by atoms with E-state index in [-0.39, 0.29) is 17.6 Å². The molecule has 0 saturated carbocycles. The number of benzene rings is 2. The SMILES string of the molecule is Cn1c(C(=O)N2CCN(c3ccccc3)CC2)c(N2CCCC2=O)c2cc(F)ccc21. The summed E-state index contributed by atoms with van der Waals surface area (Å²) in [4.78, 5) is 32.0. The highest BCUT2D eigenvalue weighted by Crippen LogP contribution is 2.37. The molecule has 0 spiro atoms. The Balaban J connectivity index is 1.49. The average molecular weight is 420 g/mol. The van der Waals surface area contributed by atoms with Gasteiger partial charge in [0.05, 0.1) is 11.2 Å². The third-order valence-corrected chi connectivity index (χ3v) is 6.37. The number of carbonyl (C=O) groups excluding carboxylic acids is 2. The van der Waals surface area contributed by atoms with Gasteiger partial charge in [-0.1, -0.05) is 18.2 Å². The highest BCUT2D eigenvalue weighted by Gasteiger charge is 2.34. The summed E-state index contributed by atoms with van der Waals surface area (Å²) in [6.07, 6.45) is 1.20. The van der Waals surface area contributed by atoms with Crippen molar-refractivity contribution in [2.75, 3.05) is 42.5 Å². The molecule has 5 rings (SSSR count). The highest BCUT2D eigenvalue weighted by molar-refractivity contribution is 6.14. The lowest BCUT2D eigenvalue weighted by molar-refractivity contribution is -0.117. The Labute approximate surface area is 180 Å². The Hall–Kier alpha value is -3.35. The molecule has 0 bridgehead atoms. The average Bonchev–Trinajstić information content (AvgIpc) is 3.34. The summed E-state index contributed by atoms with van der Waals surface area (Å²) >= 11 is 0. The van der Waals surface area contributed by atoms with Gasteiger partial charge in [-0.2, -0.15) is 0 Å². The van der Waals surface area contributed by atoms with Crippen LogP contribution in [0.25, 0.3) is 10.9 Å². The molecule has 2 aliphatic rings. The summed E-state index contributed by atoms with van der Waals surface area (Å²) in [7, 11) is 1.82. The first-order chi connectivity index (χ1) is 15.0. The molecule has 0 N–H and O–H groups in total. The molecule has 0 aliphatic carbocycles. The molecule has 160 valence electrons. The lowest BCUT2D eigenvalue weighted by Gasteiger charge is -2.36. The first-order valence-electron chi connectivity index (χ1n) is 10.7. The topological polar surface area (TPSA) is 48.8 Å². The summed E-state index contributed by atoms with van der Waals surface area (Å²) in [5.41, 5.74) is 2.92. The van der Waals surface area contributed by atoms with E-state index >= 15 is 0 Å². The van der Waals surface area contributed by atoms with Gasteiger partial charge in [0, 0.05) is 57.3 Å². The van der Waals surface area contributed by atoms with Crippen LogP contribution < -0.4 is 9.80 Å². The van der Waals surface area contributed by atoms with Crippen molar-refractivity contribution < 1.29 is 14.0 Å². The fourth-order valence-corrected chi connectivity index (χ4v) is 4.76. The third-order valence-electron chi connectivity index (χ3n) is 6.37. The van der Waals surface area contributed by atoms with E-state index in [1.54, 1.807) is 11.0 Å². The molecule has 7 heteroatoms. The highest BCUT2D eigenvalue weighted by atomic mass is 19.1. The number of nitrogens with zero attached hydrogens (tertiary/aromatic N) is 4. The van der Waals surface area contributed by atoms with Crippen LogP contribution in [0.5, 0.6) is 0 Å². The van der Waals surface area contributed by atoms with Gasteiger partial charge in [0.2, 0.25) is 5.91 Å². The lowest BCUT2D eigenvalue weighted by atomic mass is 10.1. The minimum Gasteiger partial charge on any atom is -0.368 e. The van der Waals surface area contributed by atoms with Crippen LogP contribution in [0.15, 0.2) is 48.5 Å². The quantitative estimate of drug-likeness (QED) is 0.653. The molecule has 31 heavy (non-hydrogen) atoms. The Kier molecular flexibility index (Phi) is 4.88. The standard InChI is InChI=1S/C24H25FN4O2/c1-26-20-10-9-17(25)16-19(20)22(29-11-5-8-21(29)30)23(26)24(31)28-14-12-27(13-15-28)18-6-3-2-4-7-18/h2-4,6-7,9-10,16H,5,8,11-15H2,1H3. The van der Waals surface area contributed by atoms with E-state index in [4.69, 9.17) is 0 Å². The van der Waals surface area contributed by atoms with Gasteiger partial charge < -0.3 is 19.3 Å². The predicted molar refractivity (Wildman–Crippen MR) is 119 cm³/mol. The smallest absolute Gasteiger partial charge is 0.272 e. The minimum atomic E-state index is -0.374. The number of rotatable bonds is 3. The molecule has 3 aromatic rings. The molecular weight excluding hydrogens is 395 g/mol. The van der Waals surface area contributed by atoms with Gasteiger partial charge in [-0.15, -0.1) is 0 Å². The van der Waals surface area contributed by atoms with Crippen molar-refractivity contribution in [1.82, 2.24) is 9.47 Å². The van der Waals surface area contributed by atoms with Crippen molar-refractivity contribution >= 4 is 34.1 Å². The second kappa shape index (κ2) is 7.72. The van der Waals surface area contributed by atoms with E-state index in [1.807, 2.05) is 34.7 Å². The molecule has 0 radical (unpaired) electrons. The normalized spacial score (nSPS) is 17.1. The summed E-state index contributed by atoms with van der Waals surface area (Å²) in [5, 5.41) is 0.615. The number of anilines is 2. The van der Waals surface area contributed by atoms with Crippen LogP contribution >= 0.6 is 0 Å². The van der Waals surface area contributed by atoms with E-state index in [2.05, 4.69) is 17.0 Å². The summed E-state index contributed by atoms with van der Waals surface area (Å²) in [6.45, 7) is 3.23. The molecule has 2 saturated heterocycles. The Bertz CT molecular complexity index is 1150. The number of piperazine rings is 1. The molecular formula is C24H25FN4O2. The minimum absolute atomic E-state index is 0.0142. The van der Waals surface area contributed by atoms with Gasteiger partial charge in [0.25, 0.3) is 5.91 Å². The van der Waals surface area contributed by atoms with Crippen LogP contribution in [0.1, 0.15) is 23.3 Å². The zero-order valence-electron chi connectivity index (χ0n) is 17.6. The van der Waals surface area contributed by atoms with Crippen LogP contribution in [-0.2, 0) is 11.8 Å². The van der Waals surface area contributed by atoms with Crippen molar-refractivity contribution in [1.29, 1.82) is 0 Å². The zero-order chi connectivity index (χ0) is 21.5. The first kappa shape index (κ1) is 19.6. The number of carbonyl (C=O) groups is 2. The van der Waals surface area contributed by atoms with Crippen LogP contribution in [-0.4, -0.2) is 54.0 Å².